The molecule has 2 unspecified atom stereocenters. The van der Waals surface area contributed by atoms with Gasteiger partial charge in [-0.25, -0.2) is 4.98 Å². The standard InChI is InChI=1S/C13H18N4S/c1-2-18-11-5-3-4-10(11)17-13-12(15)9(8-14)6-7-16-13/h6-7,10-11H,2-5,15H2,1H3,(H,16,17). The molecular formula is C13H18N4S. The minimum absolute atomic E-state index is 0.415. The van der Waals surface area contributed by atoms with Crippen LogP contribution in [0.3, 0.4) is 0 Å². The lowest BCUT2D eigenvalue weighted by molar-refractivity contribution is 0.763. The molecule has 18 heavy (non-hydrogen) atoms. The molecule has 2 rings (SSSR count). The lowest BCUT2D eigenvalue weighted by atomic mass is 10.2. The van der Waals surface area contributed by atoms with E-state index in [-0.39, 0.29) is 0 Å². The summed E-state index contributed by atoms with van der Waals surface area (Å²) in [5, 5.41) is 13.0. The average Bonchev–Trinajstić information content (AvgIpc) is 2.80. The molecule has 96 valence electrons. The van der Waals surface area contributed by atoms with Gasteiger partial charge in [0.1, 0.15) is 6.07 Å². The summed E-state index contributed by atoms with van der Waals surface area (Å²) in [6.07, 6.45) is 5.27. The monoisotopic (exact) mass is 262 g/mol. The number of hydrogen-bond donors (Lipinski definition) is 2. The number of rotatable bonds is 4. The lowest BCUT2D eigenvalue weighted by Crippen LogP contribution is -2.27. The molecule has 1 aromatic heterocycles. The number of thioether (sulfide) groups is 1. The smallest absolute Gasteiger partial charge is 0.150 e. The van der Waals surface area contributed by atoms with Gasteiger partial charge in [-0.15, -0.1) is 0 Å². The molecule has 1 heterocycles. The van der Waals surface area contributed by atoms with E-state index in [9.17, 15) is 0 Å². The Labute approximate surface area is 112 Å². The Morgan fingerprint density at radius 2 is 2.44 bits per heavy atom. The van der Waals surface area contributed by atoms with Crippen LogP contribution in [0.25, 0.3) is 0 Å². The maximum atomic E-state index is 8.95. The largest absolute Gasteiger partial charge is 0.395 e. The van der Waals surface area contributed by atoms with Crippen molar-refractivity contribution in [2.75, 3.05) is 16.8 Å². The van der Waals surface area contributed by atoms with Crippen molar-refractivity contribution < 1.29 is 0 Å². The molecule has 1 aliphatic carbocycles. The van der Waals surface area contributed by atoms with Crippen LogP contribution >= 0.6 is 11.8 Å². The first-order valence-corrected chi connectivity index (χ1v) is 7.33. The van der Waals surface area contributed by atoms with Crippen LogP contribution in [0, 0.1) is 11.3 Å². The number of anilines is 2. The van der Waals surface area contributed by atoms with E-state index in [2.05, 4.69) is 23.3 Å². The summed E-state index contributed by atoms with van der Waals surface area (Å²) in [4.78, 5) is 4.25. The second kappa shape index (κ2) is 5.96. The highest BCUT2D eigenvalue weighted by atomic mass is 32.2. The van der Waals surface area contributed by atoms with Crippen molar-refractivity contribution in [1.82, 2.24) is 4.98 Å². The molecule has 3 N–H and O–H groups in total. The maximum absolute atomic E-state index is 8.95. The lowest BCUT2D eigenvalue weighted by Gasteiger charge is -2.21. The van der Waals surface area contributed by atoms with Gasteiger partial charge in [-0.3, -0.25) is 0 Å². The molecule has 0 aliphatic heterocycles. The van der Waals surface area contributed by atoms with Gasteiger partial charge in [-0.1, -0.05) is 13.3 Å². The van der Waals surface area contributed by atoms with E-state index < -0.39 is 0 Å². The van der Waals surface area contributed by atoms with Crippen LogP contribution in [0.5, 0.6) is 0 Å². The normalized spacial score (nSPS) is 22.7. The van der Waals surface area contributed by atoms with Gasteiger partial charge >= 0.3 is 0 Å². The minimum Gasteiger partial charge on any atom is -0.395 e. The van der Waals surface area contributed by atoms with Crippen LogP contribution in [-0.4, -0.2) is 22.0 Å². The van der Waals surface area contributed by atoms with Gasteiger partial charge in [-0.05, 0) is 24.7 Å². The average molecular weight is 262 g/mol. The molecule has 0 spiro atoms. The van der Waals surface area contributed by atoms with Gasteiger partial charge in [0.05, 0.1) is 11.3 Å². The first kappa shape index (κ1) is 13.0. The summed E-state index contributed by atoms with van der Waals surface area (Å²) in [6, 6.07) is 4.15. The molecule has 4 nitrogen and oxygen atoms in total. The van der Waals surface area contributed by atoms with Gasteiger partial charge in [0, 0.05) is 17.5 Å². The number of aromatic nitrogens is 1. The minimum atomic E-state index is 0.415. The van der Waals surface area contributed by atoms with E-state index in [1.54, 1.807) is 12.3 Å². The van der Waals surface area contributed by atoms with Gasteiger partial charge < -0.3 is 11.1 Å². The van der Waals surface area contributed by atoms with Crippen LogP contribution < -0.4 is 11.1 Å². The quantitative estimate of drug-likeness (QED) is 0.872. The number of nitrogens with one attached hydrogen (secondary N) is 1. The van der Waals surface area contributed by atoms with E-state index in [1.165, 1.54) is 12.8 Å². The van der Waals surface area contributed by atoms with Crippen molar-refractivity contribution >= 4 is 23.3 Å². The third-order valence-corrected chi connectivity index (χ3v) is 4.59. The Morgan fingerprint density at radius 3 is 3.17 bits per heavy atom. The van der Waals surface area contributed by atoms with Crippen molar-refractivity contribution in [3.8, 4) is 6.07 Å². The molecule has 0 aromatic carbocycles. The van der Waals surface area contributed by atoms with Gasteiger partial charge in [-0.2, -0.15) is 17.0 Å². The first-order chi connectivity index (χ1) is 8.76. The summed E-state index contributed by atoms with van der Waals surface area (Å²) in [6.45, 7) is 2.18. The SMILES string of the molecule is CCSC1CCCC1Nc1nccc(C#N)c1N. The summed E-state index contributed by atoms with van der Waals surface area (Å²) in [5.74, 6) is 1.78. The highest BCUT2D eigenvalue weighted by molar-refractivity contribution is 7.99. The van der Waals surface area contributed by atoms with Crippen molar-refractivity contribution in [2.24, 2.45) is 0 Å². The molecule has 0 radical (unpaired) electrons. The zero-order valence-electron chi connectivity index (χ0n) is 10.5. The summed E-state index contributed by atoms with van der Waals surface area (Å²) in [7, 11) is 0. The molecule has 1 aliphatic rings. The number of nitrogens with zero attached hydrogens (tertiary/aromatic N) is 2. The molecular weight excluding hydrogens is 244 g/mol. The van der Waals surface area contributed by atoms with Gasteiger partial charge in [0.15, 0.2) is 5.82 Å². The molecule has 1 saturated carbocycles. The predicted octanol–water partition coefficient (Wildman–Crippen LogP) is 2.62. The Balaban J connectivity index is 2.12. The molecule has 1 fully saturated rings. The third-order valence-electron chi connectivity index (χ3n) is 3.27. The number of pyridine rings is 1. The van der Waals surface area contributed by atoms with Crippen LogP contribution in [0.1, 0.15) is 31.7 Å². The van der Waals surface area contributed by atoms with Crippen LogP contribution in [0.15, 0.2) is 12.3 Å². The zero-order chi connectivity index (χ0) is 13.0. The number of nitriles is 1. The molecule has 0 saturated heterocycles. The summed E-state index contributed by atoms with van der Waals surface area (Å²) < 4.78 is 0. The highest BCUT2D eigenvalue weighted by Gasteiger charge is 2.27. The topological polar surface area (TPSA) is 74.7 Å². The molecule has 2 atom stereocenters. The second-order valence-corrected chi connectivity index (χ2v) is 5.92. The van der Waals surface area contributed by atoms with Gasteiger partial charge in [0.2, 0.25) is 0 Å². The third kappa shape index (κ3) is 2.70. The Hall–Kier alpha value is -1.41. The second-order valence-electron chi connectivity index (χ2n) is 4.41. The first-order valence-electron chi connectivity index (χ1n) is 6.29. The Morgan fingerprint density at radius 1 is 1.61 bits per heavy atom. The Bertz CT molecular complexity index is 455. The van der Waals surface area contributed by atoms with Crippen LogP contribution in [0.4, 0.5) is 11.5 Å². The molecule has 1 aromatic rings. The fraction of sp³-hybridized carbons (Fsp3) is 0.538. The summed E-state index contributed by atoms with van der Waals surface area (Å²) >= 11 is 1.99. The molecule has 5 heteroatoms. The summed E-state index contributed by atoms with van der Waals surface area (Å²) in [5.41, 5.74) is 6.89. The van der Waals surface area contributed by atoms with Gasteiger partial charge in [0.25, 0.3) is 0 Å². The van der Waals surface area contributed by atoms with E-state index in [0.29, 0.717) is 28.4 Å². The fourth-order valence-electron chi connectivity index (χ4n) is 2.37. The van der Waals surface area contributed by atoms with Crippen molar-refractivity contribution in [3.63, 3.8) is 0 Å². The molecule has 0 bridgehead atoms. The Kier molecular flexibility index (Phi) is 4.32. The van der Waals surface area contributed by atoms with E-state index >= 15 is 0 Å². The molecule has 0 amide bonds. The maximum Gasteiger partial charge on any atom is 0.150 e. The number of hydrogen-bond acceptors (Lipinski definition) is 5. The van der Waals surface area contributed by atoms with Crippen LogP contribution in [0.2, 0.25) is 0 Å². The number of nitrogens with two attached hydrogens (primary N) is 1. The number of nitrogen functional groups attached to an aromatic ring is 1. The van der Waals surface area contributed by atoms with E-state index in [0.717, 1.165) is 12.2 Å². The zero-order valence-corrected chi connectivity index (χ0v) is 11.3. The van der Waals surface area contributed by atoms with Crippen LogP contribution in [-0.2, 0) is 0 Å². The van der Waals surface area contributed by atoms with Crippen molar-refractivity contribution in [3.05, 3.63) is 17.8 Å². The fourth-order valence-corrected chi connectivity index (χ4v) is 3.56. The van der Waals surface area contributed by atoms with Crippen molar-refractivity contribution in [2.45, 2.75) is 37.5 Å². The highest BCUT2D eigenvalue weighted by Crippen LogP contribution is 2.33. The van der Waals surface area contributed by atoms with Crippen molar-refractivity contribution in [1.29, 1.82) is 5.26 Å². The van der Waals surface area contributed by atoms with E-state index in [1.807, 2.05) is 11.8 Å². The predicted molar refractivity (Wildman–Crippen MR) is 76.5 cm³/mol. The van der Waals surface area contributed by atoms with E-state index in [4.69, 9.17) is 11.0 Å².